The van der Waals surface area contributed by atoms with Crippen molar-refractivity contribution in [3.05, 3.63) is 22.8 Å². The van der Waals surface area contributed by atoms with Gasteiger partial charge in [0.15, 0.2) is 0 Å². The van der Waals surface area contributed by atoms with Crippen LogP contribution in [0.5, 0.6) is 0 Å². The summed E-state index contributed by atoms with van der Waals surface area (Å²) in [5.41, 5.74) is -0.00964. The lowest BCUT2D eigenvalue weighted by Gasteiger charge is -2.46. The maximum absolute atomic E-state index is 12.2. The number of nitrogens with one attached hydrogen (secondary N) is 1. The fourth-order valence-electron chi connectivity index (χ4n) is 3.05. The molecule has 2 heterocycles. The van der Waals surface area contributed by atoms with Crippen molar-refractivity contribution in [2.45, 2.75) is 32.9 Å². The van der Waals surface area contributed by atoms with E-state index < -0.39 is 18.0 Å². The van der Waals surface area contributed by atoms with Crippen LogP contribution >= 0.6 is 24.0 Å². The normalized spacial score (nSPS) is 27.9. The van der Waals surface area contributed by atoms with Crippen LogP contribution in [0.3, 0.4) is 0 Å². The molecule has 3 N–H and O–H groups in total. The van der Waals surface area contributed by atoms with Gasteiger partial charge in [0.2, 0.25) is 5.91 Å². The van der Waals surface area contributed by atoms with E-state index in [1.54, 1.807) is 6.92 Å². The number of thiocarbonyl (C=S) groups is 1. The number of carboxylic acid groups (broad SMARTS) is 1. The summed E-state index contributed by atoms with van der Waals surface area (Å²) in [6.07, 6.45) is 2.99. The first-order chi connectivity index (χ1) is 10.8. The van der Waals surface area contributed by atoms with Crippen LogP contribution in [0.1, 0.15) is 20.8 Å². The first-order valence-corrected chi connectivity index (χ1v) is 8.59. The highest BCUT2D eigenvalue weighted by molar-refractivity contribution is 8.25. The summed E-state index contributed by atoms with van der Waals surface area (Å²) >= 11 is 6.42. The molecule has 0 aromatic heterocycles. The van der Waals surface area contributed by atoms with Crippen LogP contribution in [0.15, 0.2) is 22.8 Å². The molecule has 4 atom stereocenters. The summed E-state index contributed by atoms with van der Waals surface area (Å²) < 4.78 is 0.465. The predicted molar refractivity (Wildman–Crippen MR) is 92.6 cm³/mol. The molecule has 0 saturated carbocycles. The van der Waals surface area contributed by atoms with Crippen LogP contribution in [-0.4, -0.2) is 50.0 Å². The van der Waals surface area contributed by atoms with Crippen LogP contribution < -0.4 is 5.32 Å². The predicted octanol–water partition coefficient (Wildman–Crippen LogP) is 1.32. The SMILES string of the molecule is CC=CCNC(=S)SC1=C(C(=O)O)N2C(=O)[C@H]([C@@H](C)O)[C@H]2[C@H]1C. The van der Waals surface area contributed by atoms with E-state index >= 15 is 0 Å². The minimum atomic E-state index is -1.14. The molecule has 126 valence electrons. The Morgan fingerprint density at radius 1 is 1.57 bits per heavy atom. The van der Waals surface area contributed by atoms with Gasteiger partial charge in [-0.25, -0.2) is 4.79 Å². The van der Waals surface area contributed by atoms with E-state index in [9.17, 15) is 19.8 Å². The van der Waals surface area contributed by atoms with Crippen molar-refractivity contribution < 1.29 is 19.8 Å². The Bertz CT molecular complexity index is 600. The van der Waals surface area contributed by atoms with Crippen molar-refractivity contribution in [2.75, 3.05) is 6.54 Å². The molecule has 2 rings (SSSR count). The second kappa shape index (κ2) is 7.02. The molecule has 0 spiro atoms. The number of nitrogens with zero attached hydrogens (tertiary/aromatic N) is 1. The Hall–Kier alpha value is -1.38. The number of thioether (sulfide) groups is 1. The number of β-lactam (4-membered cyclic amide) rings is 1. The minimum absolute atomic E-state index is 0.00964. The van der Waals surface area contributed by atoms with Crippen LogP contribution in [0.4, 0.5) is 0 Å². The molecule has 1 saturated heterocycles. The van der Waals surface area contributed by atoms with Crippen molar-refractivity contribution in [1.82, 2.24) is 10.2 Å². The lowest BCUT2D eigenvalue weighted by atomic mass is 9.79. The van der Waals surface area contributed by atoms with Gasteiger partial charge in [0, 0.05) is 17.4 Å². The first-order valence-electron chi connectivity index (χ1n) is 7.36. The molecular formula is C15H20N2O4S2. The van der Waals surface area contributed by atoms with Crippen LogP contribution in [0.25, 0.3) is 0 Å². The van der Waals surface area contributed by atoms with Crippen molar-refractivity contribution in [3.63, 3.8) is 0 Å². The molecule has 0 unspecified atom stereocenters. The molecule has 6 nitrogen and oxygen atoms in total. The van der Waals surface area contributed by atoms with E-state index in [0.717, 1.165) is 0 Å². The summed E-state index contributed by atoms with van der Waals surface area (Å²) in [5, 5.41) is 22.3. The maximum atomic E-state index is 12.2. The summed E-state index contributed by atoms with van der Waals surface area (Å²) in [4.78, 5) is 25.7. The Morgan fingerprint density at radius 3 is 2.74 bits per heavy atom. The number of carbonyl (C=O) groups is 2. The Balaban J connectivity index is 2.22. The summed E-state index contributed by atoms with van der Waals surface area (Å²) in [6, 6.07) is -0.311. The molecule has 2 aliphatic rings. The molecule has 0 radical (unpaired) electrons. The van der Waals surface area contributed by atoms with Gasteiger partial charge in [0.05, 0.1) is 18.1 Å². The number of carbonyl (C=O) groups excluding carboxylic acids is 1. The number of carboxylic acids is 1. The number of aliphatic hydroxyl groups excluding tert-OH is 1. The molecule has 0 aliphatic carbocycles. The standard InChI is InChI=1S/C15H20N2O4S2/c1-4-5-6-16-15(22)23-12-7(2)10-9(8(3)18)13(19)17(10)11(12)14(20)21/h4-5,7-10,18H,6H2,1-3H3,(H,16,22)(H,20,21)/t7-,8-,9-,10-/m1/s1. The van der Waals surface area contributed by atoms with Gasteiger partial charge in [-0.05, 0) is 13.8 Å². The van der Waals surface area contributed by atoms with E-state index in [1.807, 2.05) is 26.0 Å². The molecular weight excluding hydrogens is 336 g/mol. The number of rotatable bonds is 5. The van der Waals surface area contributed by atoms with Gasteiger partial charge in [0.1, 0.15) is 10.0 Å². The quantitative estimate of drug-likeness (QED) is 0.389. The van der Waals surface area contributed by atoms with E-state index in [4.69, 9.17) is 12.2 Å². The zero-order valence-electron chi connectivity index (χ0n) is 13.1. The molecule has 0 bridgehead atoms. The van der Waals surface area contributed by atoms with E-state index in [-0.39, 0.29) is 23.6 Å². The van der Waals surface area contributed by atoms with Gasteiger partial charge >= 0.3 is 5.97 Å². The van der Waals surface area contributed by atoms with Gasteiger partial charge in [-0.3, -0.25) is 4.79 Å². The third-order valence-corrected chi connectivity index (χ3v) is 5.62. The summed E-state index contributed by atoms with van der Waals surface area (Å²) in [6.45, 7) is 5.89. The second-order valence-corrected chi connectivity index (χ2v) is 7.33. The van der Waals surface area contributed by atoms with Crippen LogP contribution in [0, 0.1) is 11.8 Å². The zero-order valence-corrected chi connectivity index (χ0v) is 14.8. The summed E-state index contributed by atoms with van der Waals surface area (Å²) in [7, 11) is 0. The number of hydrogen-bond acceptors (Lipinski definition) is 5. The average molecular weight is 356 g/mol. The number of fused-ring (bicyclic) bond motifs is 1. The number of aliphatic carboxylic acids is 1. The van der Waals surface area contributed by atoms with E-state index in [2.05, 4.69) is 5.32 Å². The van der Waals surface area contributed by atoms with Crippen molar-refractivity contribution in [2.24, 2.45) is 11.8 Å². The largest absolute Gasteiger partial charge is 0.477 e. The Kier molecular flexibility index (Phi) is 5.49. The molecule has 1 amide bonds. The topological polar surface area (TPSA) is 89.9 Å². The van der Waals surface area contributed by atoms with Crippen LogP contribution in [0.2, 0.25) is 0 Å². The zero-order chi connectivity index (χ0) is 17.3. The molecule has 1 fully saturated rings. The van der Waals surface area contributed by atoms with Crippen LogP contribution in [-0.2, 0) is 9.59 Å². The molecule has 8 heteroatoms. The second-order valence-electron chi connectivity index (χ2n) is 5.61. The first kappa shape index (κ1) is 18.0. The number of aliphatic hydroxyl groups is 1. The van der Waals surface area contributed by atoms with Gasteiger partial charge in [0.25, 0.3) is 0 Å². The molecule has 23 heavy (non-hydrogen) atoms. The highest BCUT2D eigenvalue weighted by Crippen LogP contribution is 2.50. The lowest BCUT2D eigenvalue weighted by Crippen LogP contribution is -2.63. The van der Waals surface area contributed by atoms with Crippen molar-refractivity contribution >= 4 is 40.2 Å². The minimum Gasteiger partial charge on any atom is -0.477 e. The Labute approximate surface area is 144 Å². The van der Waals surface area contributed by atoms with E-state index in [0.29, 0.717) is 15.8 Å². The Morgan fingerprint density at radius 2 is 2.22 bits per heavy atom. The molecule has 0 aromatic rings. The van der Waals surface area contributed by atoms with Gasteiger partial charge in [-0.2, -0.15) is 0 Å². The third-order valence-electron chi connectivity index (χ3n) is 4.11. The molecule has 2 aliphatic heterocycles. The van der Waals surface area contributed by atoms with Gasteiger partial charge < -0.3 is 20.4 Å². The fraction of sp³-hybridized carbons (Fsp3) is 0.533. The van der Waals surface area contributed by atoms with Gasteiger partial charge in [-0.15, -0.1) is 0 Å². The number of allylic oxidation sites excluding steroid dienone is 1. The highest BCUT2D eigenvalue weighted by Gasteiger charge is 2.60. The highest BCUT2D eigenvalue weighted by atomic mass is 32.2. The van der Waals surface area contributed by atoms with Crippen molar-refractivity contribution in [3.8, 4) is 0 Å². The van der Waals surface area contributed by atoms with Crippen molar-refractivity contribution in [1.29, 1.82) is 0 Å². The number of hydrogen-bond donors (Lipinski definition) is 3. The monoisotopic (exact) mass is 356 g/mol. The third kappa shape index (κ3) is 3.15. The summed E-state index contributed by atoms with van der Waals surface area (Å²) in [5.74, 6) is -2.21. The fourth-order valence-corrected chi connectivity index (χ4v) is 4.37. The maximum Gasteiger partial charge on any atom is 0.353 e. The average Bonchev–Trinajstić information content (AvgIpc) is 2.69. The molecule has 0 aromatic carbocycles. The number of amides is 1. The smallest absolute Gasteiger partial charge is 0.353 e. The van der Waals surface area contributed by atoms with Gasteiger partial charge in [-0.1, -0.05) is 43.1 Å². The lowest BCUT2D eigenvalue weighted by molar-refractivity contribution is -0.163. The van der Waals surface area contributed by atoms with E-state index in [1.165, 1.54) is 16.7 Å².